The number of urea groups is 1. The second-order valence-electron chi connectivity index (χ2n) is 6.73. The molecule has 0 bridgehead atoms. The molecular formula is C18H27N5O2. The van der Waals surface area contributed by atoms with E-state index in [1.54, 1.807) is 19.5 Å². The molecule has 2 rings (SSSR count). The standard InChI is InChI=1S/C18H27N5O2/c1-13(11-18(3,4)25-5)22-17(24)21-12-15-7-6-8-20-16(15)23-10-9-19-14(23)2/h6-10,13H,11-12H2,1-5H3,(H2,21,22,24)/t13-/m0/s1. The van der Waals surface area contributed by atoms with Gasteiger partial charge in [0, 0.05) is 43.9 Å². The van der Waals surface area contributed by atoms with Gasteiger partial charge in [0.25, 0.3) is 0 Å². The van der Waals surface area contributed by atoms with E-state index in [1.165, 1.54) is 0 Å². The molecule has 0 spiro atoms. The molecule has 0 aromatic carbocycles. The average Bonchev–Trinajstić information content (AvgIpc) is 2.98. The van der Waals surface area contributed by atoms with E-state index >= 15 is 0 Å². The van der Waals surface area contributed by atoms with E-state index in [0.717, 1.165) is 23.6 Å². The number of aromatic nitrogens is 3. The molecule has 2 heterocycles. The summed E-state index contributed by atoms with van der Waals surface area (Å²) in [4.78, 5) is 20.8. The summed E-state index contributed by atoms with van der Waals surface area (Å²) in [6, 6.07) is 3.59. The van der Waals surface area contributed by atoms with Crippen LogP contribution in [0.15, 0.2) is 30.7 Å². The van der Waals surface area contributed by atoms with E-state index in [4.69, 9.17) is 4.74 Å². The van der Waals surface area contributed by atoms with E-state index in [1.807, 2.05) is 50.6 Å². The van der Waals surface area contributed by atoms with E-state index in [2.05, 4.69) is 20.6 Å². The Hall–Kier alpha value is -2.41. The Morgan fingerprint density at radius 2 is 2.12 bits per heavy atom. The average molecular weight is 345 g/mol. The van der Waals surface area contributed by atoms with Gasteiger partial charge in [-0.05, 0) is 40.2 Å². The normalized spacial score (nSPS) is 12.7. The van der Waals surface area contributed by atoms with Crippen LogP contribution in [0.3, 0.4) is 0 Å². The number of imidazole rings is 1. The van der Waals surface area contributed by atoms with Gasteiger partial charge in [0.1, 0.15) is 11.6 Å². The fourth-order valence-corrected chi connectivity index (χ4v) is 2.71. The van der Waals surface area contributed by atoms with Crippen molar-refractivity contribution in [2.45, 2.75) is 52.3 Å². The van der Waals surface area contributed by atoms with Crippen LogP contribution in [0.1, 0.15) is 38.6 Å². The smallest absolute Gasteiger partial charge is 0.315 e. The van der Waals surface area contributed by atoms with E-state index in [-0.39, 0.29) is 17.7 Å². The van der Waals surface area contributed by atoms with E-state index in [9.17, 15) is 4.79 Å². The Morgan fingerprint density at radius 1 is 1.36 bits per heavy atom. The maximum absolute atomic E-state index is 12.2. The molecular weight excluding hydrogens is 318 g/mol. The molecule has 2 N–H and O–H groups in total. The molecule has 0 aliphatic rings. The molecule has 7 heteroatoms. The van der Waals surface area contributed by atoms with Crippen molar-refractivity contribution in [3.05, 3.63) is 42.1 Å². The molecule has 0 saturated carbocycles. The van der Waals surface area contributed by atoms with Gasteiger partial charge in [0.05, 0.1) is 5.60 Å². The summed E-state index contributed by atoms with van der Waals surface area (Å²) < 4.78 is 7.30. The molecule has 0 radical (unpaired) electrons. The number of nitrogens with one attached hydrogen (secondary N) is 2. The first kappa shape index (κ1) is 18.9. The Kier molecular flexibility index (Phi) is 6.14. The quantitative estimate of drug-likeness (QED) is 0.808. The molecule has 25 heavy (non-hydrogen) atoms. The van der Waals surface area contributed by atoms with Gasteiger partial charge >= 0.3 is 6.03 Å². The van der Waals surface area contributed by atoms with Crippen LogP contribution < -0.4 is 10.6 Å². The maximum Gasteiger partial charge on any atom is 0.315 e. The largest absolute Gasteiger partial charge is 0.379 e. The highest BCUT2D eigenvalue weighted by Crippen LogP contribution is 2.15. The van der Waals surface area contributed by atoms with Gasteiger partial charge in [-0.25, -0.2) is 14.8 Å². The van der Waals surface area contributed by atoms with Crippen LogP contribution in [0.5, 0.6) is 0 Å². The Labute approximate surface area is 148 Å². The highest BCUT2D eigenvalue weighted by Gasteiger charge is 2.21. The summed E-state index contributed by atoms with van der Waals surface area (Å²) in [6.45, 7) is 8.26. The third-order valence-corrected chi connectivity index (χ3v) is 4.09. The summed E-state index contributed by atoms with van der Waals surface area (Å²) >= 11 is 0. The molecule has 0 aliphatic heterocycles. The Balaban J connectivity index is 1.96. The minimum absolute atomic E-state index is 0.000730. The molecule has 0 fully saturated rings. The summed E-state index contributed by atoms with van der Waals surface area (Å²) in [5, 5.41) is 5.83. The Bertz CT molecular complexity index is 711. The van der Waals surface area contributed by atoms with Gasteiger partial charge in [-0.15, -0.1) is 0 Å². The van der Waals surface area contributed by atoms with E-state index < -0.39 is 0 Å². The Morgan fingerprint density at radius 3 is 2.76 bits per heavy atom. The minimum atomic E-state index is -0.276. The summed E-state index contributed by atoms with van der Waals surface area (Å²) in [5.74, 6) is 1.62. The van der Waals surface area contributed by atoms with Crippen LogP contribution in [0.25, 0.3) is 5.82 Å². The van der Waals surface area contributed by atoms with Crippen molar-refractivity contribution in [2.24, 2.45) is 0 Å². The number of rotatable bonds is 7. The number of pyridine rings is 1. The third kappa shape index (κ3) is 5.29. The fourth-order valence-electron chi connectivity index (χ4n) is 2.71. The van der Waals surface area contributed by atoms with Crippen molar-refractivity contribution >= 4 is 6.03 Å². The van der Waals surface area contributed by atoms with Crippen molar-refractivity contribution < 1.29 is 9.53 Å². The van der Waals surface area contributed by atoms with Crippen LogP contribution in [-0.2, 0) is 11.3 Å². The van der Waals surface area contributed by atoms with Crippen LogP contribution in [0.2, 0.25) is 0 Å². The minimum Gasteiger partial charge on any atom is -0.379 e. The third-order valence-electron chi connectivity index (χ3n) is 4.09. The van der Waals surface area contributed by atoms with Crippen molar-refractivity contribution in [3.8, 4) is 5.82 Å². The summed E-state index contributed by atoms with van der Waals surface area (Å²) in [6.07, 6.45) is 6.04. The molecule has 0 aliphatic carbocycles. The van der Waals surface area contributed by atoms with Crippen molar-refractivity contribution in [1.29, 1.82) is 0 Å². The van der Waals surface area contributed by atoms with Crippen LogP contribution in [-0.4, -0.2) is 39.3 Å². The van der Waals surface area contributed by atoms with Gasteiger partial charge in [-0.3, -0.25) is 4.57 Å². The molecule has 2 aromatic heterocycles. The molecule has 7 nitrogen and oxygen atoms in total. The second kappa shape index (κ2) is 8.11. The lowest BCUT2D eigenvalue weighted by molar-refractivity contribution is 0.00950. The lowest BCUT2D eigenvalue weighted by atomic mass is 10.00. The summed E-state index contributed by atoms with van der Waals surface area (Å²) in [7, 11) is 1.68. The number of nitrogens with zero attached hydrogens (tertiary/aromatic N) is 3. The zero-order valence-corrected chi connectivity index (χ0v) is 15.5. The molecule has 136 valence electrons. The number of aryl methyl sites for hydroxylation is 1. The molecule has 0 saturated heterocycles. The number of hydrogen-bond acceptors (Lipinski definition) is 4. The predicted octanol–water partition coefficient (Wildman–Crippen LogP) is 2.58. The monoisotopic (exact) mass is 345 g/mol. The predicted molar refractivity (Wildman–Crippen MR) is 96.6 cm³/mol. The molecule has 2 amide bonds. The number of carbonyl (C=O) groups excluding carboxylic acids is 1. The lowest BCUT2D eigenvalue weighted by Crippen LogP contribution is -2.43. The maximum atomic E-state index is 12.2. The number of methoxy groups -OCH3 is 1. The fraction of sp³-hybridized carbons (Fsp3) is 0.500. The molecule has 1 atom stereocenters. The number of ether oxygens (including phenoxy) is 1. The van der Waals surface area contributed by atoms with Crippen LogP contribution >= 0.6 is 0 Å². The number of hydrogen-bond donors (Lipinski definition) is 2. The van der Waals surface area contributed by atoms with Gasteiger partial charge in [-0.2, -0.15) is 0 Å². The summed E-state index contributed by atoms with van der Waals surface area (Å²) in [5.41, 5.74) is 0.644. The van der Waals surface area contributed by atoms with Gasteiger partial charge in [-0.1, -0.05) is 6.07 Å². The molecule has 0 unspecified atom stereocenters. The van der Waals surface area contributed by atoms with Crippen molar-refractivity contribution in [2.75, 3.05) is 7.11 Å². The first-order valence-corrected chi connectivity index (χ1v) is 8.36. The number of carbonyl (C=O) groups is 1. The zero-order valence-electron chi connectivity index (χ0n) is 15.5. The SMILES string of the molecule is COC(C)(C)C[C@H](C)NC(=O)NCc1cccnc1-n1ccnc1C. The van der Waals surface area contributed by atoms with Crippen molar-refractivity contribution in [1.82, 2.24) is 25.2 Å². The highest BCUT2D eigenvalue weighted by atomic mass is 16.5. The number of amides is 2. The zero-order chi connectivity index (χ0) is 18.4. The topological polar surface area (TPSA) is 81.1 Å². The first-order chi connectivity index (χ1) is 11.8. The second-order valence-corrected chi connectivity index (χ2v) is 6.73. The lowest BCUT2D eigenvalue weighted by Gasteiger charge is -2.27. The van der Waals surface area contributed by atoms with Crippen LogP contribution in [0.4, 0.5) is 4.79 Å². The highest BCUT2D eigenvalue weighted by molar-refractivity contribution is 5.74. The molecule has 2 aromatic rings. The van der Waals surface area contributed by atoms with Gasteiger partial charge < -0.3 is 15.4 Å². The van der Waals surface area contributed by atoms with Gasteiger partial charge in [0.15, 0.2) is 0 Å². The van der Waals surface area contributed by atoms with Gasteiger partial charge in [0.2, 0.25) is 0 Å². The van der Waals surface area contributed by atoms with Crippen molar-refractivity contribution in [3.63, 3.8) is 0 Å². The van der Waals surface area contributed by atoms with Crippen LogP contribution in [0, 0.1) is 6.92 Å². The van der Waals surface area contributed by atoms with E-state index in [0.29, 0.717) is 6.54 Å². The first-order valence-electron chi connectivity index (χ1n) is 8.36.